The van der Waals surface area contributed by atoms with Crippen LogP contribution in [0.3, 0.4) is 0 Å². The van der Waals surface area contributed by atoms with Crippen molar-refractivity contribution in [3.63, 3.8) is 0 Å². The van der Waals surface area contributed by atoms with E-state index in [2.05, 4.69) is 10.6 Å². The number of anilines is 2. The van der Waals surface area contributed by atoms with Gasteiger partial charge in [0.15, 0.2) is 5.58 Å². The Balaban J connectivity index is 1.63. The molecule has 2 aromatic carbocycles. The number of benzene rings is 2. The normalized spacial score (nSPS) is 10.6. The minimum Gasteiger partial charge on any atom is -0.408 e. The largest absolute Gasteiger partial charge is 0.420 e. The molecule has 3 rings (SSSR count). The van der Waals surface area contributed by atoms with E-state index in [0.29, 0.717) is 29.0 Å². The summed E-state index contributed by atoms with van der Waals surface area (Å²) in [6.45, 7) is 3.09. The van der Waals surface area contributed by atoms with Gasteiger partial charge in [0.2, 0.25) is 17.7 Å². The van der Waals surface area contributed by atoms with Crippen LogP contribution in [0.5, 0.6) is 0 Å². The summed E-state index contributed by atoms with van der Waals surface area (Å²) in [5.74, 6) is -1.55. The summed E-state index contributed by atoms with van der Waals surface area (Å²) in [6.07, 6.45) is 0. The van der Waals surface area contributed by atoms with Crippen LogP contribution in [0.2, 0.25) is 0 Å². The third-order valence-electron chi connectivity index (χ3n) is 4.42. The van der Waals surface area contributed by atoms with Gasteiger partial charge in [-0.2, -0.15) is 0 Å². The van der Waals surface area contributed by atoms with Gasteiger partial charge in [-0.1, -0.05) is 12.1 Å². The molecule has 0 aliphatic rings. The van der Waals surface area contributed by atoms with E-state index in [1.54, 1.807) is 55.5 Å². The van der Waals surface area contributed by atoms with Crippen LogP contribution < -0.4 is 16.4 Å². The van der Waals surface area contributed by atoms with E-state index in [-0.39, 0.29) is 30.8 Å². The predicted molar refractivity (Wildman–Crippen MR) is 112 cm³/mol. The maximum Gasteiger partial charge on any atom is 0.420 e. The lowest BCUT2D eigenvalue weighted by molar-refractivity contribution is -0.135. The number of hydrogen-bond donors (Lipinski definition) is 2. The minimum absolute atomic E-state index is 0.159. The maximum atomic E-state index is 12.7. The Morgan fingerprint density at radius 2 is 1.63 bits per heavy atom. The molecule has 0 unspecified atom stereocenters. The number of oxazole rings is 1. The van der Waals surface area contributed by atoms with Crippen LogP contribution in [0.4, 0.5) is 11.4 Å². The van der Waals surface area contributed by atoms with E-state index < -0.39 is 5.76 Å². The number of carbonyl (C=O) groups excluding carboxylic acids is 3. The second-order valence-corrected chi connectivity index (χ2v) is 6.64. The molecule has 0 atom stereocenters. The fourth-order valence-electron chi connectivity index (χ4n) is 2.99. The van der Waals surface area contributed by atoms with Crippen molar-refractivity contribution in [2.45, 2.75) is 20.4 Å². The number of hydrogen-bond acceptors (Lipinski definition) is 5. The van der Waals surface area contributed by atoms with Crippen LogP contribution in [0.1, 0.15) is 13.8 Å². The van der Waals surface area contributed by atoms with Gasteiger partial charge in [-0.05, 0) is 43.3 Å². The van der Waals surface area contributed by atoms with Gasteiger partial charge in [-0.3, -0.25) is 19.0 Å². The highest BCUT2D eigenvalue weighted by Crippen LogP contribution is 2.14. The molecule has 1 aromatic heterocycles. The number of aromatic nitrogens is 1. The summed E-state index contributed by atoms with van der Waals surface area (Å²) in [4.78, 5) is 49.5. The molecule has 1 heterocycles. The highest BCUT2D eigenvalue weighted by atomic mass is 16.4. The maximum absolute atomic E-state index is 12.7. The molecule has 30 heavy (non-hydrogen) atoms. The molecule has 156 valence electrons. The Kier molecular flexibility index (Phi) is 6.31. The molecule has 0 radical (unpaired) electrons. The summed E-state index contributed by atoms with van der Waals surface area (Å²) in [7, 11) is 0. The first-order valence-electron chi connectivity index (χ1n) is 9.41. The van der Waals surface area contributed by atoms with E-state index in [4.69, 9.17) is 4.42 Å². The fraction of sp³-hybridized carbons (Fsp3) is 0.238. The van der Waals surface area contributed by atoms with Crippen LogP contribution >= 0.6 is 0 Å². The van der Waals surface area contributed by atoms with Gasteiger partial charge in [0.1, 0.15) is 6.54 Å². The third kappa shape index (κ3) is 4.93. The second kappa shape index (κ2) is 9.08. The summed E-state index contributed by atoms with van der Waals surface area (Å²) in [6, 6.07) is 13.5. The molecule has 0 aliphatic heterocycles. The highest BCUT2D eigenvalue weighted by Gasteiger charge is 2.19. The van der Waals surface area contributed by atoms with Crippen LogP contribution in [0, 0.1) is 0 Å². The molecule has 0 saturated carbocycles. The molecule has 2 N–H and O–H groups in total. The van der Waals surface area contributed by atoms with Gasteiger partial charge in [0.05, 0.1) is 12.1 Å². The third-order valence-corrected chi connectivity index (χ3v) is 4.42. The first-order valence-corrected chi connectivity index (χ1v) is 9.41. The molecule has 0 fully saturated rings. The fourth-order valence-corrected chi connectivity index (χ4v) is 2.99. The zero-order valence-corrected chi connectivity index (χ0v) is 16.7. The van der Waals surface area contributed by atoms with Crippen LogP contribution in [0.15, 0.2) is 57.7 Å². The lowest BCUT2D eigenvalue weighted by Gasteiger charge is -2.20. The Bertz CT molecular complexity index is 1130. The molecule has 0 spiro atoms. The number of fused-ring (bicyclic) bond motifs is 1. The number of rotatable bonds is 7. The van der Waals surface area contributed by atoms with Gasteiger partial charge >= 0.3 is 5.76 Å². The lowest BCUT2D eigenvalue weighted by Crippen LogP contribution is -2.40. The Morgan fingerprint density at radius 1 is 1.00 bits per heavy atom. The van der Waals surface area contributed by atoms with Gasteiger partial charge in [-0.15, -0.1) is 0 Å². The van der Waals surface area contributed by atoms with Gasteiger partial charge in [0.25, 0.3) is 0 Å². The number of nitrogens with one attached hydrogen (secondary N) is 2. The molecule has 0 aliphatic carbocycles. The van der Waals surface area contributed by atoms with Crippen molar-refractivity contribution in [1.82, 2.24) is 9.47 Å². The van der Waals surface area contributed by atoms with Crippen molar-refractivity contribution in [2.75, 3.05) is 23.7 Å². The number of para-hydroxylation sites is 2. The molecule has 3 aromatic rings. The quantitative estimate of drug-likeness (QED) is 0.619. The molecule has 0 bridgehead atoms. The topological polar surface area (TPSA) is 114 Å². The Labute approximate surface area is 172 Å². The molecular weight excluding hydrogens is 388 g/mol. The number of likely N-dealkylation sites (N-methyl/N-ethyl adjacent to an activating group) is 1. The summed E-state index contributed by atoms with van der Waals surface area (Å²) in [5.41, 5.74) is 2.08. The average molecular weight is 410 g/mol. The van der Waals surface area contributed by atoms with Crippen molar-refractivity contribution in [2.24, 2.45) is 0 Å². The monoisotopic (exact) mass is 410 g/mol. The first kappa shape index (κ1) is 20.8. The van der Waals surface area contributed by atoms with Crippen LogP contribution in [-0.4, -0.2) is 40.3 Å². The predicted octanol–water partition coefficient (Wildman–Crippen LogP) is 2.04. The van der Waals surface area contributed by atoms with E-state index in [1.807, 2.05) is 0 Å². The summed E-state index contributed by atoms with van der Waals surface area (Å²) < 4.78 is 6.39. The first-order chi connectivity index (χ1) is 14.4. The van der Waals surface area contributed by atoms with E-state index in [9.17, 15) is 19.2 Å². The van der Waals surface area contributed by atoms with Crippen molar-refractivity contribution in [3.05, 3.63) is 59.1 Å². The van der Waals surface area contributed by atoms with Crippen molar-refractivity contribution in [1.29, 1.82) is 0 Å². The molecule has 3 amide bonds. The minimum atomic E-state index is -0.621. The Morgan fingerprint density at radius 3 is 2.27 bits per heavy atom. The van der Waals surface area contributed by atoms with Crippen molar-refractivity contribution >= 4 is 40.2 Å². The standard InChI is InChI=1S/C21H22N4O5/c1-3-24(12-19(27)23-16-10-8-15(9-11-16)22-14(2)26)20(28)13-25-17-6-4-5-7-18(17)30-21(25)29/h4-11H,3,12-13H2,1-2H3,(H,22,26)(H,23,27). The van der Waals surface area contributed by atoms with Crippen LogP contribution in [-0.2, 0) is 20.9 Å². The average Bonchev–Trinajstić information content (AvgIpc) is 3.02. The zero-order chi connectivity index (χ0) is 21.7. The number of amides is 3. The number of nitrogens with zero attached hydrogens (tertiary/aromatic N) is 2. The molecular formula is C21H22N4O5. The number of carbonyl (C=O) groups is 3. The zero-order valence-electron chi connectivity index (χ0n) is 16.7. The van der Waals surface area contributed by atoms with Gasteiger partial charge < -0.3 is 20.0 Å². The van der Waals surface area contributed by atoms with Crippen LogP contribution in [0.25, 0.3) is 11.1 Å². The lowest BCUT2D eigenvalue weighted by atomic mass is 10.2. The highest BCUT2D eigenvalue weighted by molar-refractivity contribution is 5.95. The SMILES string of the molecule is CCN(CC(=O)Nc1ccc(NC(C)=O)cc1)C(=O)Cn1c(=O)oc2ccccc21. The van der Waals surface area contributed by atoms with Crippen molar-refractivity contribution < 1.29 is 18.8 Å². The summed E-state index contributed by atoms with van der Waals surface area (Å²) >= 11 is 0. The van der Waals surface area contributed by atoms with E-state index in [1.165, 1.54) is 16.4 Å². The smallest absolute Gasteiger partial charge is 0.408 e. The second-order valence-electron chi connectivity index (χ2n) is 6.64. The molecule has 0 saturated heterocycles. The van der Waals surface area contributed by atoms with Gasteiger partial charge in [-0.25, -0.2) is 4.79 Å². The van der Waals surface area contributed by atoms with E-state index >= 15 is 0 Å². The van der Waals surface area contributed by atoms with Crippen molar-refractivity contribution in [3.8, 4) is 0 Å². The molecule has 9 heteroatoms. The van der Waals surface area contributed by atoms with Gasteiger partial charge in [0, 0.05) is 24.8 Å². The Hall–Kier alpha value is -3.88. The summed E-state index contributed by atoms with van der Waals surface area (Å²) in [5, 5.41) is 5.35. The molecule has 9 nitrogen and oxygen atoms in total. The van der Waals surface area contributed by atoms with E-state index in [0.717, 1.165) is 0 Å².